The van der Waals surface area contributed by atoms with Crippen molar-refractivity contribution >= 4 is 50.6 Å². The van der Waals surface area contributed by atoms with Crippen LogP contribution in [0.4, 0.5) is 0 Å². The summed E-state index contributed by atoms with van der Waals surface area (Å²) in [7, 11) is -2.63. The van der Waals surface area contributed by atoms with Gasteiger partial charge in [-0.2, -0.15) is 5.26 Å². The Kier molecular flexibility index (Phi) is 6.91. The summed E-state index contributed by atoms with van der Waals surface area (Å²) in [4.78, 5) is 0. The maximum atomic E-state index is 9.94. The van der Waals surface area contributed by atoms with Crippen molar-refractivity contribution in [3.8, 4) is 22.9 Å². The van der Waals surface area contributed by atoms with Gasteiger partial charge in [0.25, 0.3) is 0 Å². The minimum absolute atomic E-state index is 0.640. The molecule has 0 bridgehead atoms. The molecule has 2 nitrogen and oxygen atoms in total. The normalized spacial score (nSPS) is 11.5. The van der Waals surface area contributed by atoms with Crippen LogP contribution < -0.4 is 20.7 Å². The predicted octanol–water partition coefficient (Wildman–Crippen LogP) is 7.70. The number of hydrogen-bond acceptors (Lipinski definition) is 1. The first-order chi connectivity index (χ1) is 22.8. The molecule has 0 aliphatic rings. The van der Waals surface area contributed by atoms with Crippen LogP contribution in [0.3, 0.4) is 0 Å². The van der Waals surface area contributed by atoms with Crippen LogP contribution in [-0.2, 0) is 0 Å². The third-order valence-corrected chi connectivity index (χ3v) is 14.0. The Morgan fingerprint density at radius 2 is 0.870 bits per heavy atom. The molecule has 8 rings (SSSR count). The first kappa shape index (κ1) is 27.6. The van der Waals surface area contributed by atoms with Crippen molar-refractivity contribution in [3.05, 3.63) is 188 Å². The highest BCUT2D eigenvalue weighted by molar-refractivity contribution is 7.19. The average Bonchev–Trinajstić information content (AvgIpc) is 3.48. The fourth-order valence-corrected chi connectivity index (χ4v) is 11.9. The molecule has 1 aromatic heterocycles. The van der Waals surface area contributed by atoms with Crippen LogP contribution in [-0.4, -0.2) is 12.6 Å². The van der Waals surface area contributed by atoms with Crippen molar-refractivity contribution < 1.29 is 0 Å². The van der Waals surface area contributed by atoms with Crippen LogP contribution in [0.2, 0.25) is 0 Å². The summed E-state index contributed by atoms with van der Waals surface area (Å²) < 4.78 is 2.31. The molecule has 0 N–H and O–H groups in total. The Labute approximate surface area is 270 Å². The molecule has 0 aliphatic carbocycles. The van der Waals surface area contributed by atoms with Crippen LogP contribution in [0.1, 0.15) is 5.56 Å². The van der Waals surface area contributed by atoms with Crippen molar-refractivity contribution in [1.82, 2.24) is 4.57 Å². The van der Waals surface area contributed by atoms with E-state index in [0.717, 1.165) is 27.8 Å². The van der Waals surface area contributed by atoms with Gasteiger partial charge in [-0.15, -0.1) is 0 Å². The molecule has 1 heterocycles. The van der Waals surface area contributed by atoms with Crippen LogP contribution in [0.25, 0.3) is 38.6 Å². The topological polar surface area (TPSA) is 28.7 Å². The standard InChI is InChI=1S/C43H30N2Si/c44-31-32-24-29-38(43(30-32)45-41-22-12-10-20-39(41)40-21-11-13-23-42(40)45)33-25-27-37(28-26-33)46(34-14-4-1-5-15-34,35-16-6-2-7-17-35)36-18-8-3-9-19-36/h1-30H. The fourth-order valence-electron chi connectivity index (χ4n) is 7.18. The van der Waals surface area contributed by atoms with Crippen LogP contribution in [0, 0.1) is 11.3 Å². The van der Waals surface area contributed by atoms with E-state index in [0.29, 0.717) is 5.56 Å². The number of nitriles is 1. The van der Waals surface area contributed by atoms with Crippen molar-refractivity contribution in [2.45, 2.75) is 0 Å². The Bertz CT molecular complexity index is 2200. The van der Waals surface area contributed by atoms with Crippen LogP contribution >= 0.6 is 0 Å². The maximum Gasteiger partial charge on any atom is 0.179 e. The molecule has 7 aromatic carbocycles. The van der Waals surface area contributed by atoms with Crippen LogP contribution in [0.15, 0.2) is 182 Å². The van der Waals surface area contributed by atoms with Crippen molar-refractivity contribution in [2.75, 3.05) is 0 Å². The van der Waals surface area contributed by atoms with E-state index in [4.69, 9.17) is 0 Å². The SMILES string of the molecule is N#Cc1ccc(-c2ccc([Si](c3ccccc3)(c3ccccc3)c3ccccc3)cc2)c(-n2c3ccccc3c3ccccc32)c1. The summed E-state index contributed by atoms with van der Waals surface area (Å²) in [6, 6.07) is 67.7. The molecule has 46 heavy (non-hydrogen) atoms. The smallest absolute Gasteiger partial charge is 0.179 e. The van der Waals surface area contributed by atoms with Crippen LogP contribution in [0.5, 0.6) is 0 Å². The zero-order valence-electron chi connectivity index (χ0n) is 25.2. The second-order valence-corrected chi connectivity index (χ2v) is 15.4. The molecule has 0 amide bonds. The lowest BCUT2D eigenvalue weighted by molar-refractivity contribution is 1.18. The third-order valence-electron chi connectivity index (χ3n) is 9.20. The highest BCUT2D eigenvalue weighted by Gasteiger charge is 2.41. The molecule has 0 radical (unpaired) electrons. The Morgan fingerprint density at radius 1 is 0.435 bits per heavy atom. The monoisotopic (exact) mass is 602 g/mol. The number of aromatic nitrogens is 1. The van der Waals surface area contributed by atoms with Crippen molar-refractivity contribution in [2.24, 2.45) is 0 Å². The van der Waals surface area contributed by atoms with Gasteiger partial charge in [-0.05, 0) is 50.6 Å². The van der Waals surface area contributed by atoms with E-state index in [1.54, 1.807) is 0 Å². The molecule has 8 aromatic rings. The molecule has 3 heteroatoms. The highest BCUT2D eigenvalue weighted by Crippen LogP contribution is 2.36. The van der Waals surface area contributed by atoms with E-state index >= 15 is 0 Å². The van der Waals surface area contributed by atoms with Gasteiger partial charge in [-0.1, -0.05) is 158 Å². The predicted molar refractivity (Wildman–Crippen MR) is 195 cm³/mol. The van der Waals surface area contributed by atoms with Gasteiger partial charge in [-0.25, -0.2) is 0 Å². The average molecular weight is 603 g/mol. The van der Waals surface area contributed by atoms with Crippen molar-refractivity contribution in [3.63, 3.8) is 0 Å². The maximum absolute atomic E-state index is 9.94. The third kappa shape index (κ3) is 4.39. The minimum Gasteiger partial charge on any atom is -0.309 e. The Hall–Kier alpha value is -5.95. The number of rotatable bonds is 6. The van der Waals surface area contributed by atoms with Gasteiger partial charge in [0, 0.05) is 16.3 Å². The highest BCUT2D eigenvalue weighted by atomic mass is 28.3. The number of nitrogens with zero attached hydrogens (tertiary/aromatic N) is 2. The molecule has 0 aliphatic heterocycles. The lowest BCUT2D eigenvalue weighted by Crippen LogP contribution is -2.74. The van der Waals surface area contributed by atoms with Gasteiger partial charge >= 0.3 is 0 Å². The minimum atomic E-state index is -2.63. The van der Waals surface area contributed by atoms with Gasteiger partial charge in [0.1, 0.15) is 0 Å². The molecule has 0 fully saturated rings. The molecular weight excluding hydrogens is 573 g/mol. The quantitative estimate of drug-likeness (QED) is 0.142. The Morgan fingerprint density at radius 3 is 1.35 bits per heavy atom. The van der Waals surface area contributed by atoms with Gasteiger partial charge in [0.15, 0.2) is 8.07 Å². The molecule has 0 atom stereocenters. The van der Waals surface area contributed by atoms with E-state index in [-0.39, 0.29) is 0 Å². The number of benzene rings is 7. The molecule has 0 saturated heterocycles. The number of fused-ring (bicyclic) bond motifs is 3. The second-order valence-electron chi connectivity index (χ2n) is 11.6. The van der Waals surface area contributed by atoms with E-state index in [1.165, 1.54) is 31.5 Å². The second kappa shape index (κ2) is 11.5. The lowest BCUT2D eigenvalue weighted by Gasteiger charge is -2.34. The van der Waals surface area contributed by atoms with E-state index < -0.39 is 8.07 Å². The fraction of sp³-hybridized carbons (Fsp3) is 0. The lowest BCUT2D eigenvalue weighted by atomic mass is 10.0. The largest absolute Gasteiger partial charge is 0.309 e. The zero-order chi connectivity index (χ0) is 30.9. The molecule has 0 spiro atoms. The summed E-state index contributed by atoms with van der Waals surface area (Å²) >= 11 is 0. The zero-order valence-corrected chi connectivity index (χ0v) is 26.2. The first-order valence-corrected chi connectivity index (χ1v) is 17.6. The van der Waals surface area contributed by atoms with E-state index in [9.17, 15) is 5.26 Å². The molecule has 0 unspecified atom stereocenters. The molecule has 0 saturated carbocycles. The van der Waals surface area contributed by atoms with Gasteiger partial charge in [0.05, 0.1) is 28.4 Å². The van der Waals surface area contributed by atoms with Gasteiger partial charge < -0.3 is 4.57 Å². The number of hydrogen-bond donors (Lipinski definition) is 0. The van der Waals surface area contributed by atoms with Gasteiger partial charge in [0.2, 0.25) is 0 Å². The molecular formula is C43H30N2Si. The first-order valence-electron chi connectivity index (χ1n) is 15.6. The summed E-state index contributed by atoms with van der Waals surface area (Å²) in [5.41, 5.74) is 6.09. The Balaban J connectivity index is 1.36. The summed E-state index contributed by atoms with van der Waals surface area (Å²) in [6.45, 7) is 0. The summed E-state index contributed by atoms with van der Waals surface area (Å²) in [5, 5.41) is 17.7. The van der Waals surface area contributed by atoms with Crippen molar-refractivity contribution in [1.29, 1.82) is 5.26 Å². The van der Waals surface area contributed by atoms with E-state index in [1.807, 2.05) is 12.1 Å². The summed E-state index contributed by atoms with van der Waals surface area (Å²) in [6.07, 6.45) is 0. The van der Waals surface area contributed by atoms with Gasteiger partial charge in [-0.3, -0.25) is 0 Å². The number of para-hydroxylation sites is 2. The van der Waals surface area contributed by atoms with E-state index in [2.05, 4.69) is 180 Å². The molecule has 216 valence electrons. The summed E-state index contributed by atoms with van der Waals surface area (Å²) in [5.74, 6) is 0.